The lowest BCUT2D eigenvalue weighted by Gasteiger charge is -2.25. The summed E-state index contributed by atoms with van der Waals surface area (Å²) < 4.78 is 61.0. The minimum atomic E-state index is -1.04. The average Bonchev–Trinajstić information content (AvgIpc) is 0.924. The van der Waals surface area contributed by atoms with Crippen molar-refractivity contribution in [2.24, 2.45) is 23.7 Å². The molecule has 6 rings (SSSR count). The Hall–Kier alpha value is -9.48. The van der Waals surface area contributed by atoms with Crippen LogP contribution in [0.1, 0.15) is 130 Å². The summed E-state index contributed by atoms with van der Waals surface area (Å²) in [6.45, 7) is 7.64. The number of hydrogen-bond acceptors (Lipinski definition) is 24. The molecule has 2 fully saturated rings. The molecule has 4 aromatic carbocycles. The first-order valence-corrected chi connectivity index (χ1v) is 30.9. The van der Waals surface area contributed by atoms with E-state index in [1.165, 1.54) is 0 Å². The van der Waals surface area contributed by atoms with Crippen LogP contribution in [0.15, 0.2) is 97.1 Å². The Balaban J connectivity index is 0.000000482. The van der Waals surface area contributed by atoms with Crippen LogP contribution in [0.4, 0.5) is 0 Å². The van der Waals surface area contributed by atoms with Crippen molar-refractivity contribution in [3.63, 3.8) is 0 Å². The molecule has 2 aliphatic carbocycles. The van der Waals surface area contributed by atoms with Crippen LogP contribution in [0.25, 0.3) is 0 Å². The molecule has 0 amide bonds. The largest absolute Gasteiger partial charge is 0.466 e. The second kappa shape index (κ2) is 40.3. The molecule has 2 saturated carbocycles. The fourth-order valence-corrected chi connectivity index (χ4v) is 9.43. The Morgan fingerprint density at radius 2 is 0.478 bits per heavy atom. The average molecular weight is 1290 g/mol. The number of esters is 12. The second-order valence-electron chi connectivity index (χ2n) is 21.1. The third kappa shape index (κ3) is 27.3. The number of rotatable bonds is 30. The third-order valence-electron chi connectivity index (χ3n) is 14.5. The van der Waals surface area contributed by atoms with Crippen molar-refractivity contribution in [2.45, 2.75) is 130 Å². The number of benzene rings is 4. The molecule has 0 radical (unpaired) electrons. The standard InChI is InChI=1S/C36H44O12.C32H36O12.2H2/c1-3-43-31(37)17-19-33(39)45-23-21-25-5-13-29(14-6-25)47-35(41)27-9-11-28(12-10-27)36(42)48-30-15-7-26(8-16-30)22-24-46-34(40)20-18-32(38)44-4-2;1-3-39-29(35)31(37)41-19-17-21-5-13-25(14-6-21)43-27(33)23-9-11-24(12-10-23)28(34)44-26-15-7-22(8-16-26)18-20-42-32(38)30(36)40-4-2;;/h5-8,13-16,27-28H,3-4,9-12,17-24H2,1-2H3;5-8,13-16,23-24H,3-4,9-12,17-20H2,1-2H3;2*1H. The topological polar surface area (TPSA) is 316 Å². The van der Waals surface area contributed by atoms with Crippen molar-refractivity contribution in [1.29, 1.82) is 0 Å². The molecule has 24 nitrogen and oxygen atoms in total. The summed E-state index contributed by atoms with van der Waals surface area (Å²) in [5.41, 5.74) is 3.44. The molecular formula is C68H84O24. The van der Waals surface area contributed by atoms with Gasteiger partial charge in [-0.3, -0.25) is 38.4 Å². The van der Waals surface area contributed by atoms with Gasteiger partial charge in [0.15, 0.2) is 0 Å². The van der Waals surface area contributed by atoms with Gasteiger partial charge in [0.2, 0.25) is 0 Å². The third-order valence-corrected chi connectivity index (χ3v) is 14.5. The molecule has 0 aromatic heterocycles. The monoisotopic (exact) mass is 1280 g/mol. The molecule has 92 heavy (non-hydrogen) atoms. The van der Waals surface area contributed by atoms with Crippen LogP contribution >= 0.6 is 0 Å². The first-order chi connectivity index (χ1) is 44.4. The fourth-order valence-electron chi connectivity index (χ4n) is 9.43. The molecule has 24 heteroatoms. The Bertz CT molecular complexity index is 2870. The summed E-state index contributed by atoms with van der Waals surface area (Å²) in [6, 6.07) is 27.4. The van der Waals surface area contributed by atoms with Crippen molar-refractivity contribution in [3.05, 3.63) is 119 Å². The summed E-state index contributed by atoms with van der Waals surface area (Å²) in [7, 11) is 0. The first kappa shape index (κ1) is 73.3. The van der Waals surface area contributed by atoms with E-state index < -0.39 is 47.8 Å². The lowest BCUT2D eigenvalue weighted by Crippen LogP contribution is -2.30. The van der Waals surface area contributed by atoms with E-state index in [-0.39, 0.29) is 129 Å². The van der Waals surface area contributed by atoms with E-state index in [1.54, 1.807) is 125 Å². The van der Waals surface area contributed by atoms with E-state index in [2.05, 4.69) is 9.47 Å². The lowest BCUT2D eigenvalue weighted by atomic mass is 9.82. The highest BCUT2D eigenvalue weighted by molar-refractivity contribution is 6.30. The van der Waals surface area contributed by atoms with Gasteiger partial charge in [-0.05, 0) is 150 Å². The Morgan fingerprint density at radius 1 is 0.283 bits per heavy atom. The van der Waals surface area contributed by atoms with E-state index >= 15 is 0 Å². The number of carbonyl (C=O) groups is 12. The molecule has 0 bridgehead atoms. The van der Waals surface area contributed by atoms with Crippen LogP contribution in [-0.2, 0) is 121 Å². The quantitative estimate of drug-likeness (QED) is 0.0204. The maximum Gasteiger partial charge on any atom is 0.417 e. The van der Waals surface area contributed by atoms with Gasteiger partial charge < -0.3 is 56.8 Å². The maximum atomic E-state index is 12.8. The summed E-state index contributed by atoms with van der Waals surface area (Å²) in [5, 5.41) is 0. The predicted molar refractivity (Wildman–Crippen MR) is 327 cm³/mol. The zero-order valence-corrected chi connectivity index (χ0v) is 52.3. The highest BCUT2D eigenvalue weighted by atomic mass is 16.6. The van der Waals surface area contributed by atoms with Crippen molar-refractivity contribution >= 4 is 71.6 Å². The van der Waals surface area contributed by atoms with E-state index in [0.29, 0.717) is 100 Å². The molecule has 0 aliphatic heterocycles. The normalized spacial score (nSPS) is 15.6. The molecule has 0 heterocycles. The summed E-state index contributed by atoms with van der Waals surface area (Å²) >= 11 is 0. The van der Waals surface area contributed by atoms with Gasteiger partial charge in [-0.25, -0.2) is 19.2 Å². The minimum absolute atomic E-state index is 0. The van der Waals surface area contributed by atoms with Gasteiger partial charge in [0.1, 0.15) is 23.0 Å². The smallest absolute Gasteiger partial charge is 0.417 e. The van der Waals surface area contributed by atoms with E-state index in [9.17, 15) is 57.5 Å². The number of hydrogen-bond donors (Lipinski definition) is 0. The Morgan fingerprint density at radius 3 is 0.696 bits per heavy atom. The highest BCUT2D eigenvalue weighted by Crippen LogP contribution is 2.33. The van der Waals surface area contributed by atoms with Gasteiger partial charge >= 0.3 is 71.6 Å². The molecule has 0 unspecified atom stereocenters. The van der Waals surface area contributed by atoms with Gasteiger partial charge in [0, 0.05) is 28.5 Å². The van der Waals surface area contributed by atoms with Crippen LogP contribution in [-0.4, -0.2) is 124 Å². The zero-order valence-electron chi connectivity index (χ0n) is 52.3. The summed E-state index contributed by atoms with van der Waals surface area (Å²) in [4.78, 5) is 143. The second-order valence-corrected chi connectivity index (χ2v) is 21.1. The molecule has 0 spiro atoms. The number of ether oxygens (including phenoxy) is 12. The van der Waals surface area contributed by atoms with Crippen molar-refractivity contribution in [1.82, 2.24) is 0 Å². The molecule has 4 aromatic rings. The van der Waals surface area contributed by atoms with Crippen LogP contribution < -0.4 is 18.9 Å². The van der Waals surface area contributed by atoms with Crippen LogP contribution in [0.2, 0.25) is 0 Å². The van der Waals surface area contributed by atoms with Crippen LogP contribution in [0.5, 0.6) is 23.0 Å². The highest BCUT2D eigenvalue weighted by Gasteiger charge is 2.34. The first-order valence-electron chi connectivity index (χ1n) is 30.9. The van der Waals surface area contributed by atoms with E-state index in [1.807, 2.05) is 0 Å². The van der Waals surface area contributed by atoms with Crippen LogP contribution in [0, 0.1) is 23.7 Å². The molecule has 500 valence electrons. The summed E-state index contributed by atoms with van der Waals surface area (Å²) in [6.07, 6.45) is 5.61. The van der Waals surface area contributed by atoms with Gasteiger partial charge in [0.05, 0.1) is 102 Å². The Labute approximate surface area is 536 Å². The molecular weight excluding hydrogens is 1200 g/mol. The fraction of sp³-hybridized carbons (Fsp3) is 0.471. The molecule has 0 saturated heterocycles. The van der Waals surface area contributed by atoms with Crippen molar-refractivity contribution < 1.29 is 117 Å². The zero-order chi connectivity index (χ0) is 66.6. The van der Waals surface area contributed by atoms with Crippen LogP contribution in [0.3, 0.4) is 0 Å². The SMILES string of the molecule is CCOC(=O)C(=O)OCCc1ccc(OC(=O)C2CCC(C(=O)Oc3ccc(CCOC(=O)C(=O)OCC)cc3)CC2)cc1.CCOC(=O)CCC(=O)OCCc1ccc(OC(=O)C2CCC(C(=O)Oc3ccc(CCOC(=O)CCC(=O)OCC)cc3)CC2)cc1.[HH].[HH]. The van der Waals surface area contributed by atoms with Gasteiger partial charge in [-0.15, -0.1) is 0 Å². The molecule has 0 N–H and O–H groups in total. The summed E-state index contributed by atoms with van der Waals surface area (Å²) in [5.74, 6) is -7.08. The molecule has 2 aliphatic rings. The maximum absolute atomic E-state index is 12.8. The van der Waals surface area contributed by atoms with E-state index in [0.717, 1.165) is 22.3 Å². The molecule has 0 atom stereocenters. The van der Waals surface area contributed by atoms with Gasteiger partial charge in [-0.2, -0.15) is 0 Å². The van der Waals surface area contributed by atoms with Gasteiger partial charge in [-0.1, -0.05) is 48.5 Å². The van der Waals surface area contributed by atoms with Crippen molar-refractivity contribution in [3.8, 4) is 23.0 Å². The minimum Gasteiger partial charge on any atom is -0.466 e. The number of carbonyl (C=O) groups excluding carboxylic acids is 12. The lowest BCUT2D eigenvalue weighted by molar-refractivity contribution is -0.167. The predicted octanol–water partition coefficient (Wildman–Crippen LogP) is 8.66. The Kier molecular flexibility index (Phi) is 32.1. The van der Waals surface area contributed by atoms with Gasteiger partial charge in [0.25, 0.3) is 0 Å². The van der Waals surface area contributed by atoms with E-state index in [4.69, 9.17) is 47.4 Å². The van der Waals surface area contributed by atoms with Crippen molar-refractivity contribution in [2.75, 3.05) is 52.9 Å².